The minimum Gasteiger partial charge on any atom is -0.271 e. The van der Waals surface area contributed by atoms with Gasteiger partial charge in [0.1, 0.15) is 15.4 Å². The van der Waals surface area contributed by atoms with E-state index in [-0.39, 0.29) is 0 Å². The molecule has 120 valence electrons. The van der Waals surface area contributed by atoms with E-state index in [2.05, 4.69) is 14.7 Å². The van der Waals surface area contributed by atoms with Gasteiger partial charge in [-0.1, -0.05) is 23.5 Å². The van der Waals surface area contributed by atoms with E-state index >= 15 is 0 Å². The van der Waals surface area contributed by atoms with E-state index in [0.29, 0.717) is 5.69 Å². The standard InChI is InChI=1S/C15H16N4O2S2/c1-10-11(14-17-13-8-5-9-16-15(13)22-14)6-4-7-12(10)18-23(20,21)19(2)3/h4-9,18H,1-3H3. The smallest absolute Gasteiger partial charge is 0.271 e. The minimum atomic E-state index is -3.54. The van der Waals surface area contributed by atoms with Gasteiger partial charge in [-0.25, -0.2) is 9.97 Å². The van der Waals surface area contributed by atoms with Gasteiger partial charge in [0, 0.05) is 25.9 Å². The number of thiazole rings is 1. The van der Waals surface area contributed by atoms with Gasteiger partial charge >= 0.3 is 10.2 Å². The molecule has 1 N–H and O–H groups in total. The summed E-state index contributed by atoms with van der Waals surface area (Å²) in [6.07, 6.45) is 1.73. The van der Waals surface area contributed by atoms with Crippen LogP contribution in [-0.2, 0) is 10.2 Å². The van der Waals surface area contributed by atoms with E-state index < -0.39 is 10.2 Å². The molecule has 0 atom stereocenters. The van der Waals surface area contributed by atoms with Gasteiger partial charge in [-0.05, 0) is 30.7 Å². The molecule has 0 spiro atoms. The first-order chi connectivity index (χ1) is 10.9. The lowest BCUT2D eigenvalue weighted by Crippen LogP contribution is -2.29. The van der Waals surface area contributed by atoms with Crippen molar-refractivity contribution in [2.24, 2.45) is 0 Å². The Bertz CT molecular complexity index is 932. The average molecular weight is 348 g/mol. The number of hydrogen-bond donors (Lipinski definition) is 1. The van der Waals surface area contributed by atoms with Crippen LogP contribution in [0.15, 0.2) is 36.5 Å². The summed E-state index contributed by atoms with van der Waals surface area (Å²) in [4.78, 5) is 9.75. The predicted molar refractivity (Wildman–Crippen MR) is 93.8 cm³/mol. The van der Waals surface area contributed by atoms with Crippen molar-refractivity contribution < 1.29 is 8.42 Å². The molecule has 0 amide bonds. The van der Waals surface area contributed by atoms with E-state index in [1.165, 1.54) is 25.4 Å². The molecule has 0 radical (unpaired) electrons. The highest BCUT2D eigenvalue weighted by molar-refractivity contribution is 7.90. The van der Waals surface area contributed by atoms with Crippen molar-refractivity contribution in [3.63, 3.8) is 0 Å². The fraction of sp³-hybridized carbons (Fsp3) is 0.200. The Hall–Kier alpha value is -2.03. The van der Waals surface area contributed by atoms with E-state index in [0.717, 1.165) is 30.8 Å². The van der Waals surface area contributed by atoms with Crippen LogP contribution in [0.1, 0.15) is 5.56 Å². The maximum absolute atomic E-state index is 12.0. The average Bonchev–Trinajstić information content (AvgIpc) is 2.92. The largest absolute Gasteiger partial charge is 0.301 e. The summed E-state index contributed by atoms with van der Waals surface area (Å²) in [6, 6.07) is 9.25. The van der Waals surface area contributed by atoms with Crippen LogP contribution >= 0.6 is 11.3 Å². The first-order valence-corrected chi connectivity index (χ1v) is 9.16. The van der Waals surface area contributed by atoms with Crippen molar-refractivity contribution >= 4 is 37.6 Å². The SMILES string of the molecule is Cc1c(NS(=O)(=O)N(C)C)cccc1-c1nc2cccnc2s1. The quantitative estimate of drug-likeness (QED) is 0.787. The molecule has 0 aliphatic heterocycles. The number of anilines is 1. The Morgan fingerprint density at radius 1 is 1.17 bits per heavy atom. The van der Waals surface area contributed by atoms with Crippen LogP contribution in [0, 0.1) is 6.92 Å². The zero-order chi connectivity index (χ0) is 16.6. The summed E-state index contributed by atoms with van der Waals surface area (Å²) in [6.45, 7) is 1.88. The summed E-state index contributed by atoms with van der Waals surface area (Å²) in [5, 5.41) is 0.821. The summed E-state index contributed by atoms with van der Waals surface area (Å²) >= 11 is 1.49. The lowest BCUT2D eigenvalue weighted by Gasteiger charge is -2.16. The molecule has 0 bridgehead atoms. The summed E-state index contributed by atoms with van der Waals surface area (Å²) in [7, 11) is -0.570. The molecular formula is C15H16N4O2S2. The fourth-order valence-corrected chi connectivity index (χ4v) is 3.76. The summed E-state index contributed by atoms with van der Waals surface area (Å²) < 4.78 is 27.8. The molecule has 2 aromatic heterocycles. The Morgan fingerprint density at radius 3 is 2.65 bits per heavy atom. The molecular weight excluding hydrogens is 332 g/mol. The van der Waals surface area contributed by atoms with E-state index in [1.54, 1.807) is 12.3 Å². The van der Waals surface area contributed by atoms with E-state index in [9.17, 15) is 8.42 Å². The second-order valence-corrected chi connectivity index (χ2v) is 8.08. The van der Waals surface area contributed by atoms with Crippen LogP contribution in [0.25, 0.3) is 20.9 Å². The molecule has 8 heteroatoms. The number of pyridine rings is 1. The van der Waals surface area contributed by atoms with Gasteiger partial charge in [0.05, 0.1) is 5.69 Å². The molecule has 0 aliphatic rings. The van der Waals surface area contributed by atoms with Crippen molar-refractivity contribution in [2.45, 2.75) is 6.92 Å². The molecule has 0 aliphatic carbocycles. The Balaban J connectivity index is 2.06. The van der Waals surface area contributed by atoms with Gasteiger partial charge in [0.25, 0.3) is 0 Å². The minimum absolute atomic E-state index is 0.545. The molecule has 3 aromatic rings. The second kappa shape index (κ2) is 5.88. The number of aromatic nitrogens is 2. The van der Waals surface area contributed by atoms with Crippen LogP contribution in [0.5, 0.6) is 0 Å². The van der Waals surface area contributed by atoms with Crippen LogP contribution in [0.4, 0.5) is 5.69 Å². The topological polar surface area (TPSA) is 75.2 Å². The molecule has 3 rings (SSSR count). The zero-order valence-electron chi connectivity index (χ0n) is 12.9. The molecule has 0 unspecified atom stereocenters. The molecule has 0 saturated heterocycles. The van der Waals surface area contributed by atoms with Crippen LogP contribution in [-0.4, -0.2) is 36.8 Å². The maximum Gasteiger partial charge on any atom is 0.301 e. The van der Waals surface area contributed by atoms with Gasteiger partial charge in [-0.15, -0.1) is 0 Å². The second-order valence-electron chi connectivity index (χ2n) is 5.21. The van der Waals surface area contributed by atoms with Crippen molar-refractivity contribution in [3.05, 3.63) is 42.1 Å². The Morgan fingerprint density at radius 2 is 1.96 bits per heavy atom. The third kappa shape index (κ3) is 3.05. The van der Waals surface area contributed by atoms with Crippen LogP contribution < -0.4 is 4.72 Å². The van der Waals surface area contributed by atoms with Gasteiger partial charge in [0.2, 0.25) is 0 Å². The molecule has 23 heavy (non-hydrogen) atoms. The molecule has 1 aromatic carbocycles. The number of hydrogen-bond acceptors (Lipinski definition) is 5. The van der Waals surface area contributed by atoms with Crippen molar-refractivity contribution in [1.82, 2.24) is 14.3 Å². The van der Waals surface area contributed by atoms with Gasteiger partial charge in [-0.3, -0.25) is 4.72 Å². The lowest BCUT2D eigenvalue weighted by atomic mass is 10.1. The van der Waals surface area contributed by atoms with Crippen molar-refractivity contribution in [2.75, 3.05) is 18.8 Å². The Labute approximate surface area is 139 Å². The van der Waals surface area contributed by atoms with Gasteiger partial charge in [0.15, 0.2) is 0 Å². The van der Waals surface area contributed by atoms with Gasteiger partial charge in [-0.2, -0.15) is 12.7 Å². The molecule has 0 saturated carbocycles. The Kier molecular flexibility index (Phi) is 4.05. The van der Waals surface area contributed by atoms with Crippen LogP contribution in [0.2, 0.25) is 0 Å². The van der Waals surface area contributed by atoms with E-state index in [1.807, 2.05) is 31.2 Å². The molecule has 6 nitrogen and oxygen atoms in total. The number of fused-ring (bicyclic) bond motifs is 1. The molecule has 0 fully saturated rings. The number of rotatable bonds is 4. The maximum atomic E-state index is 12.0. The predicted octanol–water partition coefficient (Wildman–Crippen LogP) is 2.89. The first kappa shape index (κ1) is 15.9. The first-order valence-electron chi connectivity index (χ1n) is 6.90. The highest BCUT2D eigenvalue weighted by Gasteiger charge is 2.17. The monoisotopic (exact) mass is 348 g/mol. The normalized spacial score (nSPS) is 12.0. The fourth-order valence-electron chi connectivity index (χ4n) is 2.09. The zero-order valence-corrected chi connectivity index (χ0v) is 14.6. The number of nitrogens with zero attached hydrogens (tertiary/aromatic N) is 3. The van der Waals surface area contributed by atoms with E-state index in [4.69, 9.17) is 0 Å². The lowest BCUT2D eigenvalue weighted by molar-refractivity contribution is 0.527. The van der Waals surface area contributed by atoms with Crippen LogP contribution in [0.3, 0.4) is 0 Å². The number of benzene rings is 1. The molecule has 2 heterocycles. The van der Waals surface area contributed by atoms with Crippen molar-refractivity contribution in [1.29, 1.82) is 0 Å². The van der Waals surface area contributed by atoms with Crippen molar-refractivity contribution in [3.8, 4) is 10.6 Å². The third-order valence-electron chi connectivity index (χ3n) is 3.45. The third-order valence-corrected chi connectivity index (χ3v) is 5.90. The summed E-state index contributed by atoms with van der Waals surface area (Å²) in [5.41, 5.74) is 3.11. The highest BCUT2D eigenvalue weighted by atomic mass is 32.2. The van der Waals surface area contributed by atoms with Gasteiger partial charge < -0.3 is 0 Å². The number of nitrogens with one attached hydrogen (secondary N) is 1. The highest BCUT2D eigenvalue weighted by Crippen LogP contribution is 2.33. The summed E-state index contributed by atoms with van der Waals surface area (Å²) in [5.74, 6) is 0.